The molecule has 0 atom stereocenters. The van der Waals surface area contributed by atoms with Crippen LogP contribution < -0.4 is 0 Å². The number of benzene rings is 5. The summed E-state index contributed by atoms with van der Waals surface area (Å²) in [7, 11) is 0. The first-order valence-electron chi connectivity index (χ1n) is 12.8. The summed E-state index contributed by atoms with van der Waals surface area (Å²) in [5.74, 6) is 0. The van der Waals surface area contributed by atoms with Crippen LogP contribution >= 0.6 is 0 Å². The van der Waals surface area contributed by atoms with Crippen molar-refractivity contribution in [3.8, 4) is 22.5 Å². The van der Waals surface area contributed by atoms with Gasteiger partial charge in [-0.05, 0) is 55.8 Å². The first-order chi connectivity index (χ1) is 18.7. The van der Waals surface area contributed by atoms with Crippen LogP contribution in [0.3, 0.4) is 0 Å². The molecule has 2 heterocycles. The summed E-state index contributed by atoms with van der Waals surface area (Å²) in [4.78, 5) is 8.91. The second kappa shape index (κ2) is 11.7. The third-order valence-corrected chi connectivity index (χ3v) is 6.72. The molecule has 0 aliphatic rings. The molecule has 0 fully saturated rings. The molecule has 5 aromatic carbocycles. The summed E-state index contributed by atoms with van der Waals surface area (Å²) in [6.45, 7) is 4.21. The molecule has 0 unspecified atom stereocenters. The molecule has 0 saturated heterocycles. The Balaban J connectivity index is 0.000000200. The normalized spacial score (nSPS) is 10.6. The zero-order valence-corrected chi connectivity index (χ0v) is 24.2. The minimum Gasteiger partial charge on any atom is -0.305 e. The Morgan fingerprint density at radius 2 is 1.31 bits per heavy atom. The fourth-order valence-electron chi connectivity index (χ4n) is 5.07. The average Bonchev–Trinajstić information content (AvgIpc) is 2.97. The van der Waals surface area contributed by atoms with E-state index in [1.54, 1.807) is 6.20 Å². The Morgan fingerprint density at radius 3 is 2.10 bits per heavy atom. The number of fused-ring (bicyclic) bond motifs is 5. The van der Waals surface area contributed by atoms with Gasteiger partial charge in [-0.2, -0.15) is 0 Å². The third kappa shape index (κ3) is 5.52. The van der Waals surface area contributed by atoms with Crippen molar-refractivity contribution in [2.45, 2.75) is 13.8 Å². The van der Waals surface area contributed by atoms with E-state index in [-0.39, 0.29) is 20.1 Å². The van der Waals surface area contributed by atoms with Crippen molar-refractivity contribution in [1.82, 2.24) is 9.97 Å². The molecule has 191 valence electrons. The zero-order chi connectivity index (χ0) is 25.9. The molecule has 0 aliphatic carbocycles. The molecule has 0 aliphatic heterocycles. The molecule has 2 nitrogen and oxygen atoms in total. The van der Waals surface area contributed by atoms with Gasteiger partial charge in [0.05, 0.1) is 0 Å². The van der Waals surface area contributed by atoms with E-state index in [2.05, 4.69) is 97.7 Å². The van der Waals surface area contributed by atoms with E-state index in [4.69, 9.17) is 4.98 Å². The van der Waals surface area contributed by atoms with Crippen LogP contribution in [0.5, 0.6) is 0 Å². The minimum absolute atomic E-state index is 0. The minimum atomic E-state index is 0. The van der Waals surface area contributed by atoms with Crippen molar-refractivity contribution in [1.29, 1.82) is 0 Å². The van der Waals surface area contributed by atoms with Crippen LogP contribution in [0.4, 0.5) is 0 Å². The maximum Gasteiger partial charge on any atom is 0.0167 e. The number of nitrogens with zero attached hydrogens (tertiary/aromatic N) is 2. The van der Waals surface area contributed by atoms with Crippen molar-refractivity contribution < 1.29 is 20.1 Å². The van der Waals surface area contributed by atoms with Crippen LogP contribution in [0.25, 0.3) is 54.8 Å². The standard InChI is InChI=1S/C25H18N.C11H8N.Ir/c1-16-13-17(2)15-19(14-16)25-24-10-9-21-20-6-4-3-5-18(20)7-8-22(21)23(24)11-12-26-25;1-2-6-10(7-3-1)11-8-4-5-9-12-11;/h3-14H,1-2H3;1-6,8-9H;/q2*-1;. The van der Waals surface area contributed by atoms with Crippen LogP contribution in [0, 0.1) is 26.0 Å². The smallest absolute Gasteiger partial charge is 0.0167 e. The molecule has 1 radical (unpaired) electrons. The second-order valence-electron chi connectivity index (χ2n) is 9.45. The summed E-state index contributed by atoms with van der Waals surface area (Å²) in [6, 6.07) is 44.2. The number of hydrogen-bond acceptors (Lipinski definition) is 2. The Hall–Kier alpha value is -4.17. The topological polar surface area (TPSA) is 25.8 Å². The Kier molecular flexibility index (Phi) is 7.93. The van der Waals surface area contributed by atoms with Crippen molar-refractivity contribution in [2.75, 3.05) is 0 Å². The van der Waals surface area contributed by atoms with Crippen molar-refractivity contribution in [3.05, 3.63) is 145 Å². The monoisotopic (exact) mass is 679 g/mol. The van der Waals surface area contributed by atoms with E-state index in [1.165, 1.54) is 37.9 Å². The summed E-state index contributed by atoms with van der Waals surface area (Å²) >= 11 is 0. The van der Waals surface area contributed by atoms with Gasteiger partial charge in [-0.3, -0.25) is 0 Å². The van der Waals surface area contributed by atoms with Gasteiger partial charge in [0.15, 0.2) is 0 Å². The molecule has 3 heteroatoms. The number of aromatic nitrogens is 2. The fourth-order valence-corrected chi connectivity index (χ4v) is 5.07. The predicted molar refractivity (Wildman–Crippen MR) is 159 cm³/mol. The van der Waals surface area contributed by atoms with E-state index in [0.717, 1.165) is 28.1 Å². The van der Waals surface area contributed by atoms with E-state index >= 15 is 0 Å². The van der Waals surface area contributed by atoms with E-state index < -0.39 is 0 Å². The first-order valence-corrected chi connectivity index (χ1v) is 12.8. The SMILES string of the molecule is Cc1[c-]c(-c2nccc3c2ccc2c4ccccc4ccc32)cc(C)c1.[Ir].[c-]1ccccc1-c1ccccn1. The fraction of sp³-hybridized carbons (Fsp3) is 0.0556. The molecule has 39 heavy (non-hydrogen) atoms. The molecule has 7 aromatic rings. The molecule has 0 bridgehead atoms. The quantitative estimate of drug-likeness (QED) is 0.135. The average molecular weight is 679 g/mol. The predicted octanol–water partition coefficient (Wildman–Crippen LogP) is 9.17. The number of pyridine rings is 2. The van der Waals surface area contributed by atoms with Gasteiger partial charge in [0.25, 0.3) is 0 Å². The summed E-state index contributed by atoms with van der Waals surface area (Å²) in [5.41, 5.74) is 6.46. The molecule has 0 spiro atoms. The molecular weight excluding hydrogens is 653 g/mol. The second-order valence-corrected chi connectivity index (χ2v) is 9.45. The molecular formula is C36H26IrN2-2. The van der Waals surface area contributed by atoms with Crippen LogP contribution in [0.1, 0.15) is 11.1 Å². The maximum absolute atomic E-state index is 4.70. The van der Waals surface area contributed by atoms with Gasteiger partial charge < -0.3 is 9.97 Å². The Morgan fingerprint density at radius 1 is 0.564 bits per heavy atom. The third-order valence-electron chi connectivity index (χ3n) is 6.72. The summed E-state index contributed by atoms with van der Waals surface area (Å²) < 4.78 is 0. The summed E-state index contributed by atoms with van der Waals surface area (Å²) in [5, 5.41) is 7.55. The van der Waals surface area contributed by atoms with Crippen LogP contribution in [0.2, 0.25) is 0 Å². The maximum atomic E-state index is 4.70. The number of aryl methyl sites for hydroxylation is 2. The van der Waals surface area contributed by atoms with Crippen LogP contribution in [-0.2, 0) is 20.1 Å². The van der Waals surface area contributed by atoms with Gasteiger partial charge in [0.1, 0.15) is 0 Å². The molecule has 0 amide bonds. The molecule has 0 saturated carbocycles. The van der Waals surface area contributed by atoms with E-state index in [1.807, 2.05) is 48.7 Å². The Bertz CT molecular complexity index is 1820. The zero-order valence-electron chi connectivity index (χ0n) is 21.8. The van der Waals surface area contributed by atoms with Gasteiger partial charge in [-0.1, -0.05) is 74.5 Å². The van der Waals surface area contributed by atoms with Crippen LogP contribution in [-0.4, -0.2) is 9.97 Å². The van der Waals surface area contributed by atoms with Crippen molar-refractivity contribution in [3.63, 3.8) is 0 Å². The largest absolute Gasteiger partial charge is 0.305 e. The Labute approximate surface area is 242 Å². The van der Waals surface area contributed by atoms with E-state index in [0.29, 0.717) is 0 Å². The number of rotatable bonds is 2. The van der Waals surface area contributed by atoms with Crippen LogP contribution in [0.15, 0.2) is 122 Å². The van der Waals surface area contributed by atoms with Gasteiger partial charge in [0, 0.05) is 32.5 Å². The van der Waals surface area contributed by atoms with Gasteiger partial charge >= 0.3 is 0 Å². The van der Waals surface area contributed by atoms with E-state index in [9.17, 15) is 0 Å². The number of hydrogen-bond donors (Lipinski definition) is 0. The van der Waals surface area contributed by atoms with Crippen molar-refractivity contribution in [2.24, 2.45) is 0 Å². The van der Waals surface area contributed by atoms with Gasteiger partial charge in [-0.15, -0.1) is 70.8 Å². The van der Waals surface area contributed by atoms with Gasteiger partial charge in [-0.25, -0.2) is 0 Å². The van der Waals surface area contributed by atoms with Gasteiger partial charge in [0.2, 0.25) is 0 Å². The molecule has 7 rings (SSSR count). The summed E-state index contributed by atoms with van der Waals surface area (Å²) in [6.07, 6.45) is 3.70. The van der Waals surface area contributed by atoms with Crippen molar-refractivity contribution >= 4 is 32.3 Å². The molecule has 2 aromatic heterocycles. The molecule has 0 N–H and O–H groups in total. The first kappa shape index (κ1) is 26.4.